The molecule has 152 valence electrons. The van der Waals surface area contributed by atoms with Crippen molar-refractivity contribution in [3.63, 3.8) is 0 Å². The van der Waals surface area contributed by atoms with Crippen molar-refractivity contribution in [1.82, 2.24) is 0 Å². The molecule has 3 atom stereocenters. The van der Waals surface area contributed by atoms with Gasteiger partial charge in [-0.25, -0.2) is 9.59 Å². The summed E-state index contributed by atoms with van der Waals surface area (Å²) >= 11 is 0. The molecule has 3 unspecified atom stereocenters. The van der Waals surface area contributed by atoms with E-state index in [0.717, 1.165) is 32.1 Å². The monoisotopic (exact) mass is 380 g/mol. The predicted molar refractivity (Wildman–Crippen MR) is 98.5 cm³/mol. The lowest BCUT2D eigenvalue weighted by Crippen LogP contribution is -2.62. The molecule has 4 rings (SSSR count). The second-order valence-corrected chi connectivity index (χ2v) is 9.86. The van der Waals surface area contributed by atoms with Crippen LogP contribution in [0.3, 0.4) is 0 Å². The lowest BCUT2D eigenvalue weighted by Gasteiger charge is -2.61. The summed E-state index contributed by atoms with van der Waals surface area (Å²) in [7, 11) is 0. The van der Waals surface area contributed by atoms with E-state index in [-0.39, 0.29) is 5.97 Å². The zero-order valence-electron chi connectivity index (χ0n) is 17.1. The van der Waals surface area contributed by atoms with E-state index in [9.17, 15) is 9.59 Å². The first-order valence-corrected chi connectivity index (χ1v) is 9.87. The molecule has 0 N–H and O–H groups in total. The average Bonchev–Trinajstić information content (AvgIpc) is 2.49. The van der Waals surface area contributed by atoms with E-state index < -0.39 is 28.9 Å². The number of carbonyl (C=O) groups is 2. The van der Waals surface area contributed by atoms with Gasteiger partial charge >= 0.3 is 11.9 Å². The Morgan fingerprint density at radius 3 is 2.15 bits per heavy atom. The minimum Gasteiger partial charge on any atom is -0.456 e. The molecule has 0 saturated heterocycles. The zero-order valence-corrected chi connectivity index (χ0v) is 17.1. The van der Waals surface area contributed by atoms with Gasteiger partial charge in [-0.2, -0.15) is 4.89 Å². The summed E-state index contributed by atoms with van der Waals surface area (Å²) in [5.74, 6) is 0.0446. The van der Waals surface area contributed by atoms with Crippen molar-refractivity contribution in [1.29, 1.82) is 0 Å². The maximum absolute atomic E-state index is 12.3. The van der Waals surface area contributed by atoms with Gasteiger partial charge in [0.1, 0.15) is 11.2 Å². The number of carbonyl (C=O) groups excluding carboxylic acids is 2. The smallest absolute Gasteiger partial charge is 0.370 e. The molecular formula is C21H32O6. The Bertz CT molecular complexity index is 617. The molecule has 0 spiro atoms. The fraction of sp³-hybridized carbons (Fsp3) is 0.810. The van der Waals surface area contributed by atoms with E-state index in [1.807, 2.05) is 20.8 Å². The van der Waals surface area contributed by atoms with Crippen LogP contribution in [0.4, 0.5) is 0 Å². The first-order chi connectivity index (χ1) is 12.4. The Morgan fingerprint density at radius 1 is 1.07 bits per heavy atom. The third-order valence-electron chi connectivity index (χ3n) is 5.74. The number of hydrogen-bond donors (Lipinski definition) is 0. The van der Waals surface area contributed by atoms with Gasteiger partial charge < -0.3 is 9.47 Å². The standard InChI is InChI=1S/C21H32O6/c1-13(2)17(22)25-21-10-15-7-16(11-21)9-20(8-15,12-21)24-14(3)18(23)26-27-19(4,5)6/h14-16H,1,7-12H2,2-6H3. The molecule has 4 bridgehead atoms. The molecule has 0 radical (unpaired) electrons. The van der Waals surface area contributed by atoms with Crippen LogP contribution in [0.25, 0.3) is 0 Å². The minimum absolute atomic E-state index is 0.335. The van der Waals surface area contributed by atoms with Gasteiger partial charge in [0.2, 0.25) is 0 Å². The lowest BCUT2D eigenvalue weighted by atomic mass is 9.52. The molecular weight excluding hydrogens is 348 g/mol. The van der Waals surface area contributed by atoms with Crippen LogP contribution in [-0.2, 0) is 28.8 Å². The summed E-state index contributed by atoms with van der Waals surface area (Å²) in [4.78, 5) is 34.5. The van der Waals surface area contributed by atoms with Crippen molar-refractivity contribution in [3.8, 4) is 0 Å². The Balaban J connectivity index is 1.69. The average molecular weight is 380 g/mol. The van der Waals surface area contributed by atoms with Gasteiger partial charge in [-0.1, -0.05) is 6.58 Å². The fourth-order valence-electron chi connectivity index (χ4n) is 5.29. The number of esters is 1. The van der Waals surface area contributed by atoms with Crippen LogP contribution in [0.2, 0.25) is 0 Å². The van der Waals surface area contributed by atoms with E-state index >= 15 is 0 Å². The second-order valence-electron chi connectivity index (χ2n) is 9.86. The molecule has 0 aromatic carbocycles. The number of hydrogen-bond acceptors (Lipinski definition) is 6. The zero-order chi connectivity index (χ0) is 20.0. The van der Waals surface area contributed by atoms with Crippen LogP contribution in [0.1, 0.15) is 73.1 Å². The maximum Gasteiger partial charge on any atom is 0.370 e. The predicted octanol–water partition coefficient (Wildman–Crippen LogP) is 3.88. The molecule has 6 heteroatoms. The molecule has 4 saturated carbocycles. The molecule has 0 aromatic rings. The minimum atomic E-state index is -0.738. The van der Waals surface area contributed by atoms with Gasteiger partial charge in [-0.05, 0) is 78.6 Å². The molecule has 6 nitrogen and oxygen atoms in total. The first kappa shape index (κ1) is 20.3. The maximum atomic E-state index is 12.3. The van der Waals surface area contributed by atoms with E-state index in [0.29, 0.717) is 23.8 Å². The highest BCUT2D eigenvalue weighted by Gasteiger charge is 2.61. The topological polar surface area (TPSA) is 71.1 Å². The molecule has 0 amide bonds. The third kappa shape index (κ3) is 4.54. The lowest BCUT2D eigenvalue weighted by molar-refractivity contribution is -0.329. The number of ether oxygens (including phenoxy) is 2. The quantitative estimate of drug-likeness (QED) is 0.301. The molecule has 0 aliphatic heterocycles. The molecule has 27 heavy (non-hydrogen) atoms. The Labute approximate surface area is 161 Å². The van der Waals surface area contributed by atoms with E-state index in [1.54, 1.807) is 13.8 Å². The highest BCUT2D eigenvalue weighted by molar-refractivity contribution is 5.87. The van der Waals surface area contributed by atoms with Crippen molar-refractivity contribution in [2.75, 3.05) is 0 Å². The van der Waals surface area contributed by atoms with E-state index in [2.05, 4.69) is 6.58 Å². The Hall–Kier alpha value is -1.40. The third-order valence-corrected chi connectivity index (χ3v) is 5.74. The van der Waals surface area contributed by atoms with Crippen molar-refractivity contribution in [2.45, 2.75) is 96.1 Å². The highest BCUT2D eigenvalue weighted by atomic mass is 17.2. The van der Waals surface area contributed by atoms with Crippen molar-refractivity contribution >= 4 is 11.9 Å². The molecule has 4 aliphatic rings. The summed E-state index contributed by atoms with van der Waals surface area (Å²) in [5.41, 5.74) is -1.10. The van der Waals surface area contributed by atoms with Gasteiger partial charge in [0, 0.05) is 12.0 Å². The summed E-state index contributed by atoms with van der Waals surface area (Å²) in [6, 6.07) is 0. The SMILES string of the molecule is C=C(C)C(=O)OC12CC3CC(C1)CC(OC(C)C(=O)OOC(C)(C)C)(C3)C2. The summed E-state index contributed by atoms with van der Waals surface area (Å²) < 4.78 is 12.2. The highest BCUT2D eigenvalue weighted by Crippen LogP contribution is 2.60. The molecule has 0 aromatic heterocycles. The Kier molecular flexibility index (Phi) is 5.19. The Morgan fingerprint density at radius 2 is 1.63 bits per heavy atom. The van der Waals surface area contributed by atoms with Crippen molar-refractivity contribution in [3.05, 3.63) is 12.2 Å². The van der Waals surface area contributed by atoms with Crippen LogP contribution in [0.15, 0.2) is 12.2 Å². The molecule has 0 heterocycles. The first-order valence-electron chi connectivity index (χ1n) is 9.87. The summed E-state index contributed by atoms with van der Waals surface area (Å²) in [6.45, 7) is 12.5. The van der Waals surface area contributed by atoms with Gasteiger partial charge in [0.05, 0.1) is 5.60 Å². The summed E-state index contributed by atoms with van der Waals surface area (Å²) in [5, 5.41) is 0. The van der Waals surface area contributed by atoms with Crippen LogP contribution in [-0.4, -0.2) is 34.8 Å². The molecule has 4 aliphatic carbocycles. The van der Waals surface area contributed by atoms with Crippen LogP contribution in [0, 0.1) is 11.8 Å². The number of rotatable bonds is 6. The van der Waals surface area contributed by atoms with E-state index in [4.69, 9.17) is 19.2 Å². The van der Waals surface area contributed by atoms with Gasteiger partial charge in [-0.3, -0.25) is 4.89 Å². The normalized spacial score (nSPS) is 35.6. The van der Waals surface area contributed by atoms with Crippen molar-refractivity contribution < 1.29 is 28.8 Å². The molecule has 4 fully saturated rings. The van der Waals surface area contributed by atoms with E-state index in [1.165, 1.54) is 0 Å². The van der Waals surface area contributed by atoms with Crippen molar-refractivity contribution in [2.24, 2.45) is 11.8 Å². The van der Waals surface area contributed by atoms with Gasteiger partial charge in [0.25, 0.3) is 0 Å². The summed E-state index contributed by atoms with van der Waals surface area (Å²) in [6.07, 6.45) is 4.57. The van der Waals surface area contributed by atoms with Crippen LogP contribution in [0.5, 0.6) is 0 Å². The van der Waals surface area contributed by atoms with Crippen LogP contribution < -0.4 is 0 Å². The fourth-order valence-corrected chi connectivity index (χ4v) is 5.29. The second kappa shape index (κ2) is 6.89. The van der Waals surface area contributed by atoms with Gasteiger partial charge in [-0.15, -0.1) is 0 Å². The van der Waals surface area contributed by atoms with Crippen LogP contribution >= 0.6 is 0 Å². The largest absolute Gasteiger partial charge is 0.456 e. The van der Waals surface area contributed by atoms with Gasteiger partial charge in [0.15, 0.2) is 6.10 Å².